The number of hydrogen-bond donors (Lipinski definition) is 2. The van der Waals surface area contributed by atoms with Gasteiger partial charge in [-0.1, -0.05) is 0 Å². The second-order valence-corrected chi connectivity index (χ2v) is 6.98. The molecule has 0 saturated carbocycles. The Balaban J connectivity index is 1.88. The minimum absolute atomic E-state index is 0.273. The van der Waals surface area contributed by atoms with E-state index < -0.39 is 18.2 Å². The summed E-state index contributed by atoms with van der Waals surface area (Å²) >= 11 is 0. The van der Waals surface area contributed by atoms with Crippen molar-refractivity contribution in [3.63, 3.8) is 0 Å². The van der Waals surface area contributed by atoms with Crippen LogP contribution in [-0.4, -0.2) is 59.8 Å². The summed E-state index contributed by atoms with van der Waals surface area (Å²) in [5.41, 5.74) is 1.76. The van der Waals surface area contributed by atoms with E-state index in [1.165, 1.54) is 20.3 Å². The van der Waals surface area contributed by atoms with Gasteiger partial charge in [-0.3, -0.25) is 4.79 Å². The molecular formula is C19H25FN4O4. The molecule has 0 bridgehead atoms. The number of imidazole rings is 1. The van der Waals surface area contributed by atoms with Gasteiger partial charge in [0.15, 0.2) is 0 Å². The molecular weight excluding hydrogens is 367 g/mol. The van der Waals surface area contributed by atoms with Crippen LogP contribution >= 0.6 is 0 Å². The van der Waals surface area contributed by atoms with Gasteiger partial charge in [0.05, 0.1) is 30.3 Å². The van der Waals surface area contributed by atoms with Crippen molar-refractivity contribution in [2.24, 2.45) is 0 Å². The molecule has 1 aliphatic heterocycles. The number of carbonyl (C=O) groups is 2. The normalized spacial score (nSPS) is 18.9. The van der Waals surface area contributed by atoms with Gasteiger partial charge in [-0.2, -0.15) is 0 Å². The highest BCUT2D eigenvalue weighted by atomic mass is 19.1. The first-order valence-electron chi connectivity index (χ1n) is 9.19. The minimum atomic E-state index is -0.887. The molecule has 0 aliphatic carbocycles. The zero-order valence-electron chi connectivity index (χ0n) is 16.4. The number of aromatic amines is 1. The van der Waals surface area contributed by atoms with Crippen molar-refractivity contribution in [2.45, 2.75) is 44.9 Å². The fourth-order valence-electron chi connectivity index (χ4n) is 3.51. The summed E-state index contributed by atoms with van der Waals surface area (Å²) in [6.07, 6.45) is 0.278. The smallest absolute Gasteiger partial charge is 0.407 e. The average molecular weight is 392 g/mol. The number of aryl methyl sites for hydroxylation is 1. The van der Waals surface area contributed by atoms with Crippen molar-refractivity contribution in [1.82, 2.24) is 20.2 Å². The van der Waals surface area contributed by atoms with Gasteiger partial charge in [0.1, 0.15) is 17.7 Å². The van der Waals surface area contributed by atoms with Crippen LogP contribution in [0.1, 0.15) is 37.2 Å². The third-order valence-electron chi connectivity index (χ3n) is 5.20. The standard InChI is InChI=1S/C19H25FN4O4/c1-10-8-13-14(9-12(10)20)22-17(21-13)15-6-5-7-24(15)18(25)16(11(2)27-3)23-19(26)28-4/h8-9,11,15-16H,5-7H2,1-4H3,(H,21,22)(H,23,26)/t11-,15+,16+/m1/s1. The Morgan fingerprint density at radius 2 is 2.14 bits per heavy atom. The molecule has 1 fully saturated rings. The molecule has 3 atom stereocenters. The van der Waals surface area contributed by atoms with Crippen molar-refractivity contribution >= 4 is 23.0 Å². The maximum absolute atomic E-state index is 13.9. The Bertz CT molecular complexity index is 845. The first-order chi connectivity index (χ1) is 13.3. The van der Waals surface area contributed by atoms with Crippen LogP contribution in [0, 0.1) is 12.7 Å². The summed E-state index contributed by atoms with van der Waals surface area (Å²) in [6.45, 7) is 3.92. The van der Waals surface area contributed by atoms with Crippen LogP contribution in [0.5, 0.6) is 0 Å². The van der Waals surface area contributed by atoms with Gasteiger partial charge in [0.2, 0.25) is 5.91 Å². The third-order valence-corrected chi connectivity index (χ3v) is 5.20. The van der Waals surface area contributed by atoms with Crippen LogP contribution in [0.2, 0.25) is 0 Å². The quantitative estimate of drug-likeness (QED) is 0.815. The molecule has 2 amide bonds. The van der Waals surface area contributed by atoms with Gasteiger partial charge < -0.3 is 24.7 Å². The van der Waals surface area contributed by atoms with Gasteiger partial charge in [-0.25, -0.2) is 14.2 Å². The van der Waals surface area contributed by atoms with E-state index in [4.69, 9.17) is 4.74 Å². The van der Waals surface area contributed by atoms with Crippen LogP contribution in [0.3, 0.4) is 0 Å². The van der Waals surface area contributed by atoms with Crippen molar-refractivity contribution in [2.75, 3.05) is 20.8 Å². The average Bonchev–Trinajstić information content (AvgIpc) is 3.31. The maximum Gasteiger partial charge on any atom is 0.407 e. The predicted octanol–water partition coefficient (Wildman–Crippen LogP) is 2.43. The minimum Gasteiger partial charge on any atom is -0.453 e. The number of carbonyl (C=O) groups excluding carboxylic acids is 2. The Kier molecular flexibility index (Phi) is 5.83. The van der Waals surface area contributed by atoms with E-state index in [1.807, 2.05) is 0 Å². The van der Waals surface area contributed by atoms with E-state index in [2.05, 4.69) is 20.0 Å². The number of alkyl carbamates (subject to hydrolysis) is 1. The molecule has 1 aromatic carbocycles. The molecule has 152 valence electrons. The van der Waals surface area contributed by atoms with Crippen molar-refractivity contribution in [1.29, 1.82) is 0 Å². The molecule has 8 nitrogen and oxygen atoms in total. The predicted molar refractivity (Wildman–Crippen MR) is 100 cm³/mol. The number of hydrogen-bond acceptors (Lipinski definition) is 5. The number of benzene rings is 1. The van der Waals surface area contributed by atoms with Crippen molar-refractivity contribution in [3.05, 3.63) is 29.3 Å². The Labute approximate surface area is 162 Å². The van der Waals surface area contributed by atoms with Crippen molar-refractivity contribution in [3.8, 4) is 0 Å². The van der Waals surface area contributed by atoms with E-state index in [0.29, 0.717) is 29.0 Å². The lowest BCUT2D eigenvalue weighted by Gasteiger charge is -2.30. The molecule has 3 rings (SSSR count). The second kappa shape index (κ2) is 8.14. The zero-order valence-corrected chi connectivity index (χ0v) is 16.4. The van der Waals surface area contributed by atoms with Crippen LogP contribution in [-0.2, 0) is 14.3 Å². The van der Waals surface area contributed by atoms with E-state index in [-0.39, 0.29) is 17.8 Å². The number of aromatic nitrogens is 2. The number of rotatable bonds is 5. The zero-order chi connectivity index (χ0) is 20.4. The lowest BCUT2D eigenvalue weighted by Crippen LogP contribution is -2.54. The van der Waals surface area contributed by atoms with E-state index in [0.717, 1.165) is 12.8 Å². The monoisotopic (exact) mass is 392 g/mol. The van der Waals surface area contributed by atoms with E-state index >= 15 is 0 Å². The number of nitrogens with zero attached hydrogens (tertiary/aromatic N) is 2. The van der Waals surface area contributed by atoms with Gasteiger partial charge in [-0.05, 0) is 44.4 Å². The highest BCUT2D eigenvalue weighted by Gasteiger charge is 2.38. The summed E-state index contributed by atoms with van der Waals surface area (Å²) in [7, 11) is 2.71. The largest absolute Gasteiger partial charge is 0.453 e. The molecule has 9 heteroatoms. The maximum atomic E-state index is 13.9. The van der Waals surface area contributed by atoms with E-state index in [9.17, 15) is 14.0 Å². The Hall–Kier alpha value is -2.68. The van der Waals surface area contributed by atoms with Gasteiger partial charge in [0.25, 0.3) is 0 Å². The molecule has 1 saturated heterocycles. The first-order valence-corrected chi connectivity index (χ1v) is 9.19. The number of halogens is 1. The molecule has 0 radical (unpaired) electrons. The number of likely N-dealkylation sites (tertiary alicyclic amines) is 1. The number of ether oxygens (including phenoxy) is 2. The van der Waals surface area contributed by atoms with Gasteiger partial charge in [0, 0.05) is 13.7 Å². The molecule has 2 aromatic rings. The van der Waals surface area contributed by atoms with Gasteiger partial charge >= 0.3 is 6.09 Å². The third kappa shape index (κ3) is 3.80. The summed E-state index contributed by atoms with van der Waals surface area (Å²) in [5, 5.41) is 2.55. The fourth-order valence-corrected chi connectivity index (χ4v) is 3.51. The first kappa shape index (κ1) is 20.1. The highest BCUT2D eigenvalue weighted by Crippen LogP contribution is 2.32. The molecule has 0 spiro atoms. The van der Waals surface area contributed by atoms with Crippen LogP contribution < -0.4 is 5.32 Å². The molecule has 1 aliphatic rings. The summed E-state index contributed by atoms with van der Waals surface area (Å²) < 4.78 is 23.8. The SMILES string of the molecule is COC(=O)N[C@H](C(=O)N1CCC[C@H]1c1nc2cc(C)c(F)cc2[nH]1)[C@@H](C)OC. The van der Waals surface area contributed by atoms with E-state index in [1.54, 1.807) is 24.8 Å². The summed E-state index contributed by atoms with van der Waals surface area (Å²) in [6, 6.07) is 1.92. The topological polar surface area (TPSA) is 96.5 Å². The van der Waals surface area contributed by atoms with Crippen molar-refractivity contribution < 1.29 is 23.5 Å². The molecule has 0 unspecified atom stereocenters. The molecule has 2 heterocycles. The fraction of sp³-hybridized carbons (Fsp3) is 0.526. The van der Waals surface area contributed by atoms with Crippen LogP contribution in [0.25, 0.3) is 11.0 Å². The molecule has 2 N–H and O–H groups in total. The lowest BCUT2D eigenvalue weighted by atomic mass is 10.1. The van der Waals surface area contributed by atoms with Crippen LogP contribution in [0.15, 0.2) is 12.1 Å². The summed E-state index contributed by atoms with van der Waals surface area (Å²) in [5.74, 6) is 0.0242. The number of methoxy groups -OCH3 is 2. The van der Waals surface area contributed by atoms with Crippen LogP contribution in [0.4, 0.5) is 9.18 Å². The number of fused-ring (bicyclic) bond motifs is 1. The highest BCUT2D eigenvalue weighted by molar-refractivity contribution is 5.87. The molecule has 28 heavy (non-hydrogen) atoms. The molecule has 1 aromatic heterocycles. The number of H-pyrrole nitrogens is 1. The second-order valence-electron chi connectivity index (χ2n) is 6.98. The Morgan fingerprint density at radius 3 is 2.82 bits per heavy atom. The van der Waals surface area contributed by atoms with Gasteiger partial charge in [-0.15, -0.1) is 0 Å². The summed E-state index contributed by atoms with van der Waals surface area (Å²) in [4.78, 5) is 34.2. The number of amides is 2. The Morgan fingerprint density at radius 1 is 1.39 bits per heavy atom. The number of nitrogens with one attached hydrogen (secondary N) is 2. The lowest BCUT2D eigenvalue weighted by molar-refractivity contribution is -0.137.